The highest BCUT2D eigenvalue weighted by molar-refractivity contribution is 6.01. The summed E-state index contributed by atoms with van der Waals surface area (Å²) in [5.74, 6) is -1.50. The lowest BCUT2D eigenvalue weighted by atomic mass is 9.97. The Bertz CT molecular complexity index is 1240. The van der Waals surface area contributed by atoms with Crippen LogP contribution in [0.2, 0.25) is 0 Å². The van der Waals surface area contributed by atoms with Crippen LogP contribution in [0, 0.1) is 5.92 Å². The fraction of sp³-hybridized carbons (Fsp3) is 0.310. The standard InChI is InChI=1S/C29H33N3O7/c1-18(2)15-22(26(34)25-9-6-14-39-25)30-27(35)23(17-20-10-12-21(33)13-11-20)31-28(36)24(32-29(37)38)16-19-7-4-3-5-8-19/h3-14,18,22-24,32-33H,15-17H2,1-2H3,(H,30,35)(H,31,36)(H,37,38)/t22-,23-,24-/m0/s1. The minimum atomic E-state index is -1.38. The second-order valence-corrected chi connectivity index (χ2v) is 9.66. The lowest BCUT2D eigenvalue weighted by Crippen LogP contribution is -2.56. The lowest BCUT2D eigenvalue weighted by Gasteiger charge is -2.25. The number of carboxylic acid groups (broad SMARTS) is 1. The normalized spacial score (nSPS) is 13.2. The summed E-state index contributed by atoms with van der Waals surface area (Å²) in [6.45, 7) is 3.83. The van der Waals surface area contributed by atoms with Crippen LogP contribution in [0.15, 0.2) is 77.4 Å². The first-order chi connectivity index (χ1) is 18.6. The predicted molar refractivity (Wildman–Crippen MR) is 143 cm³/mol. The summed E-state index contributed by atoms with van der Waals surface area (Å²) >= 11 is 0. The number of carbonyl (C=O) groups is 4. The van der Waals surface area contributed by atoms with Gasteiger partial charge in [-0.1, -0.05) is 56.3 Å². The molecule has 5 N–H and O–H groups in total. The van der Waals surface area contributed by atoms with Crippen molar-refractivity contribution in [2.45, 2.75) is 51.2 Å². The van der Waals surface area contributed by atoms with Gasteiger partial charge in [0.1, 0.15) is 17.8 Å². The van der Waals surface area contributed by atoms with Gasteiger partial charge in [-0.15, -0.1) is 0 Å². The summed E-state index contributed by atoms with van der Waals surface area (Å²) in [6.07, 6.45) is 0.429. The van der Waals surface area contributed by atoms with Gasteiger partial charge in [0.15, 0.2) is 5.76 Å². The van der Waals surface area contributed by atoms with Crippen LogP contribution in [-0.2, 0) is 22.4 Å². The third kappa shape index (κ3) is 9.03. The second-order valence-electron chi connectivity index (χ2n) is 9.66. The Morgan fingerprint density at radius 1 is 0.744 bits per heavy atom. The molecule has 1 aromatic heterocycles. The van der Waals surface area contributed by atoms with E-state index in [4.69, 9.17) is 4.42 Å². The number of phenols is 1. The number of nitrogens with one attached hydrogen (secondary N) is 3. The maximum atomic E-state index is 13.5. The molecule has 0 saturated carbocycles. The van der Waals surface area contributed by atoms with Crippen molar-refractivity contribution in [1.82, 2.24) is 16.0 Å². The van der Waals surface area contributed by atoms with Crippen molar-refractivity contribution >= 4 is 23.7 Å². The minimum Gasteiger partial charge on any atom is -0.508 e. The number of aromatic hydroxyl groups is 1. The molecule has 3 amide bonds. The van der Waals surface area contributed by atoms with Crippen molar-refractivity contribution in [2.75, 3.05) is 0 Å². The quantitative estimate of drug-likeness (QED) is 0.210. The third-order valence-electron chi connectivity index (χ3n) is 6.01. The molecule has 3 aromatic rings. The molecular weight excluding hydrogens is 502 g/mol. The van der Waals surface area contributed by atoms with Gasteiger partial charge < -0.3 is 30.6 Å². The molecule has 0 aliphatic carbocycles. The van der Waals surface area contributed by atoms with E-state index in [1.165, 1.54) is 24.5 Å². The Morgan fingerprint density at radius 3 is 1.85 bits per heavy atom. The van der Waals surface area contributed by atoms with Crippen molar-refractivity contribution in [3.05, 3.63) is 89.9 Å². The Balaban J connectivity index is 1.84. The molecule has 206 valence electrons. The number of hydrogen-bond donors (Lipinski definition) is 5. The molecule has 0 aliphatic heterocycles. The van der Waals surface area contributed by atoms with Crippen LogP contribution in [0.4, 0.5) is 4.79 Å². The van der Waals surface area contributed by atoms with Crippen molar-refractivity contribution in [1.29, 1.82) is 0 Å². The molecular formula is C29H33N3O7. The monoisotopic (exact) mass is 535 g/mol. The number of hydrogen-bond acceptors (Lipinski definition) is 6. The molecule has 10 nitrogen and oxygen atoms in total. The molecule has 0 bridgehead atoms. The first kappa shape index (κ1) is 29.0. The summed E-state index contributed by atoms with van der Waals surface area (Å²) in [5.41, 5.74) is 1.36. The number of phenolic OH excluding ortho intramolecular Hbond substituents is 1. The van der Waals surface area contributed by atoms with E-state index >= 15 is 0 Å². The molecule has 0 unspecified atom stereocenters. The SMILES string of the molecule is CC(C)C[C@H](NC(=O)[C@H](Cc1ccc(O)cc1)NC(=O)[C@H](Cc1ccccc1)NC(=O)O)C(=O)c1ccco1. The van der Waals surface area contributed by atoms with Gasteiger partial charge in [0, 0.05) is 12.8 Å². The topological polar surface area (TPSA) is 158 Å². The number of rotatable bonds is 13. The number of furan rings is 1. The summed E-state index contributed by atoms with van der Waals surface area (Å²) in [6, 6.07) is 14.9. The van der Waals surface area contributed by atoms with E-state index in [0.29, 0.717) is 12.0 Å². The molecule has 2 aromatic carbocycles. The van der Waals surface area contributed by atoms with Crippen molar-refractivity contribution in [2.24, 2.45) is 5.92 Å². The molecule has 0 fully saturated rings. The zero-order chi connectivity index (χ0) is 28.4. The van der Waals surface area contributed by atoms with E-state index in [1.807, 2.05) is 13.8 Å². The number of carbonyl (C=O) groups excluding carboxylic acids is 3. The van der Waals surface area contributed by atoms with E-state index in [-0.39, 0.29) is 30.3 Å². The number of amides is 3. The highest BCUT2D eigenvalue weighted by atomic mass is 16.4. The first-order valence-electron chi connectivity index (χ1n) is 12.6. The Kier molecular flexibility index (Phi) is 10.3. The van der Waals surface area contributed by atoms with Crippen molar-refractivity contribution in [3.63, 3.8) is 0 Å². The van der Waals surface area contributed by atoms with Gasteiger partial charge in [0.05, 0.1) is 12.3 Å². The van der Waals surface area contributed by atoms with Crippen LogP contribution in [0.3, 0.4) is 0 Å². The van der Waals surface area contributed by atoms with Gasteiger partial charge in [-0.2, -0.15) is 0 Å². The van der Waals surface area contributed by atoms with Crippen LogP contribution in [-0.4, -0.2) is 52.0 Å². The number of Topliss-reactive ketones (excluding diaryl/α,β-unsaturated/α-hetero) is 1. The molecule has 0 spiro atoms. The van der Waals surface area contributed by atoms with E-state index in [1.54, 1.807) is 48.5 Å². The Morgan fingerprint density at radius 2 is 1.31 bits per heavy atom. The summed E-state index contributed by atoms with van der Waals surface area (Å²) in [4.78, 5) is 51.3. The molecule has 10 heteroatoms. The highest BCUT2D eigenvalue weighted by Crippen LogP contribution is 2.15. The van der Waals surface area contributed by atoms with Crippen LogP contribution < -0.4 is 16.0 Å². The molecule has 3 rings (SSSR count). The smallest absolute Gasteiger partial charge is 0.405 e. The van der Waals surface area contributed by atoms with Crippen LogP contribution in [0.5, 0.6) is 5.75 Å². The van der Waals surface area contributed by atoms with Gasteiger partial charge in [-0.25, -0.2) is 4.79 Å². The maximum absolute atomic E-state index is 13.5. The lowest BCUT2D eigenvalue weighted by molar-refractivity contribution is -0.130. The average Bonchev–Trinajstić information content (AvgIpc) is 3.43. The summed E-state index contributed by atoms with van der Waals surface area (Å²) in [5, 5.41) is 26.6. The molecule has 3 atom stereocenters. The van der Waals surface area contributed by atoms with E-state index in [2.05, 4.69) is 16.0 Å². The molecule has 0 aliphatic rings. The maximum Gasteiger partial charge on any atom is 0.405 e. The van der Waals surface area contributed by atoms with Gasteiger partial charge in [-0.05, 0) is 47.7 Å². The molecule has 0 radical (unpaired) electrons. The summed E-state index contributed by atoms with van der Waals surface area (Å²) in [7, 11) is 0. The zero-order valence-electron chi connectivity index (χ0n) is 21.8. The van der Waals surface area contributed by atoms with E-state index < -0.39 is 41.8 Å². The van der Waals surface area contributed by atoms with E-state index in [9.17, 15) is 29.4 Å². The average molecular weight is 536 g/mol. The second kappa shape index (κ2) is 13.8. The Hall–Kier alpha value is -4.60. The van der Waals surface area contributed by atoms with Crippen LogP contribution in [0.1, 0.15) is 41.9 Å². The Labute approximate surface area is 226 Å². The predicted octanol–water partition coefficient (Wildman–Crippen LogP) is 3.31. The zero-order valence-corrected chi connectivity index (χ0v) is 21.8. The van der Waals surface area contributed by atoms with E-state index in [0.717, 1.165) is 5.56 Å². The molecule has 0 saturated heterocycles. The van der Waals surface area contributed by atoms with Gasteiger partial charge in [0.25, 0.3) is 0 Å². The van der Waals surface area contributed by atoms with Gasteiger partial charge in [0.2, 0.25) is 17.6 Å². The van der Waals surface area contributed by atoms with Gasteiger partial charge in [-0.3, -0.25) is 14.4 Å². The fourth-order valence-corrected chi connectivity index (χ4v) is 4.12. The highest BCUT2D eigenvalue weighted by Gasteiger charge is 2.31. The third-order valence-corrected chi connectivity index (χ3v) is 6.01. The fourth-order valence-electron chi connectivity index (χ4n) is 4.12. The minimum absolute atomic E-state index is 0.0341. The summed E-state index contributed by atoms with van der Waals surface area (Å²) < 4.78 is 5.24. The molecule has 39 heavy (non-hydrogen) atoms. The molecule has 1 heterocycles. The number of benzene rings is 2. The number of ketones is 1. The van der Waals surface area contributed by atoms with Crippen LogP contribution >= 0.6 is 0 Å². The van der Waals surface area contributed by atoms with Gasteiger partial charge >= 0.3 is 6.09 Å². The van der Waals surface area contributed by atoms with Crippen molar-refractivity contribution < 1.29 is 33.8 Å². The van der Waals surface area contributed by atoms with Crippen molar-refractivity contribution in [3.8, 4) is 5.75 Å². The first-order valence-corrected chi connectivity index (χ1v) is 12.6. The largest absolute Gasteiger partial charge is 0.508 e. The van der Waals surface area contributed by atoms with Crippen LogP contribution in [0.25, 0.3) is 0 Å².